The molecule has 0 radical (unpaired) electrons. The van der Waals surface area contributed by atoms with Crippen LogP contribution in [-0.2, 0) is 19.0 Å². The van der Waals surface area contributed by atoms with Crippen molar-refractivity contribution in [2.24, 2.45) is 0 Å². The number of thiophene rings is 1. The summed E-state index contributed by atoms with van der Waals surface area (Å²) in [5, 5.41) is 3.19. The summed E-state index contributed by atoms with van der Waals surface area (Å²) in [6.45, 7) is 6.15. The Labute approximate surface area is 135 Å². The molecule has 1 aromatic heterocycles. The minimum atomic E-state index is -3.53. The molecule has 8 heteroatoms. The van der Waals surface area contributed by atoms with E-state index >= 15 is 0 Å². The summed E-state index contributed by atoms with van der Waals surface area (Å²) in [5.74, 6) is 1.51. The lowest BCUT2D eigenvalue weighted by atomic mass is 10.3. The highest BCUT2D eigenvalue weighted by atomic mass is 32.2. The van der Waals surface area contributed by atoms with Crippen LogP contribution in [-0.4, -0.2) is 45.7 Å². The molecule has 22 heavy (non-hydrogen) atoms. The van der Waals surface area contributed by atoms with Crippen LogP contribution >= 0.6 is 11.3 Å². The molecule has 0 saturated heterocycles. The fourth-order valence-corrected chi connectivity index (χ4v) is 3.70. The second kappa shape index (κ2) is 7.63. The van der Waals surface area contributed by atoms with Gasteiger partial charge in [0, 0.05) is 17.4 Å². The largest absolute Gasteiger partial charge is 0.485 e. The first-order chi connectivity index (χ1) is 10.4. The van der Waals surface area contributed by atoms with Gasteiger partial charge < -0.3 is 14.2 Å². The molecule has 1 aliphatic heterocycles. The highest BCUT2D eigenvalue weighted by Gasteiger charge is 2.24. The summed E-state index contributed by atoms with van der Waals surface area (Å²) in [6, 6.07) is 0. The average Bonchev–Trinajstić information content (AvgIpc) is 2.89. The highest BCUT2D eigenvalue weighted by molar-refractivity contribution is 7.87. The SMILES string of the molecule is CC(C)OS(=O)(=O)C(C)CCOCC1COc2cscc2O1. The van der Waals surface area contributed by atoms with Crippen LogP contribution in [0.25, 0.3) is 0 Å². The molecule has 1 aliphatic rings. The monoisotopic (exact) mass is 350 g/mol. The fourth-order valence-electron chi connectivity index (χ4n) is 1.91. The Hall–Kier alpha value is -0.830. The van der Waals surface area contributed by atoms with Crippen molar-refractivity contribution < 1.29 is 26.8 Å². The molecule has 2 unspecified atom stereocenters. The molecule has 0 bridgehead atoms. The predicted octanol–water partition coefficient (Wildman–Crippen LogP) is 2.44. The molecular weight excluding hydrogens is 328 g/mol. The molecule has 0 saturated carbocycles. The van der Waals surface area contributed by atoms with Crippen LogP contribution in [0.15, 0.2) is 10.8 Å². The van der Waals surface area contributed by atoms with Crippen molar-refractivity contribution in [1.82, 2.24) is 0 Å². The van der Waals surface area contributed by atoms with E-state index in [4.69, 9.17) is 18.4 Å². The van der Waals surface area contributed by atoms with Gasteiger partial charge in [-0.25, -0.2) is 0 Å². The molecule has 1 aromatic rings. The summed E-state index contributed by atoms with van der Waals surface area (Å²) < 4.78 is 45.4. The van der Waals surface area contributed by atoms with E-state index in [2.05, 4.69) is 0 Å². The Bertz CT molecular complexity index is 566. The van der Waals surface area contributed by atoms with Crippen LogP contribution in [0.2, 0.25) is 0 Å². The molecule has 0 spiro atoms. The molecule has 0 aliphatic carbocycles. The van der Waals surface area contributed by atoms with E-state index in [1.54, 1.807) is 20.8 Å². The van der Waals surface area contributed by atoms with Crippen LogP contribution < -0.4 is 9.47 Å². The number of hydrogen-bond donors (Lipinski definition) is 0. The van der Waals surface area contributed by atoms with E-state index in [0.29, 0.717) is 26.2 Å². The van der Waals surface area contributed by atoms with Gasteiger partial charge in [-0.3, -0.25) is 4.18 Å². The van der Waals surface area contributed by atoms with Crippen molar-refractivity contribution in [2.45, 2.75) is 44.6 Å². The van der Waals surface area contributed by atoms with Gasteiger partial charge in [-0.2, -0.15) is 8.42 Å². The zero-order chi connectivity index (χ0) is 16.2. The van der Waals surface area contributed by atoms with Gasteiger partial charge in [0.05, 0.1) is 18.0 Å². The lowest BCUT2D eigenvalue weighted by Gasteiger charge is -2.24. The van der Waals surface area contributed by atoms with E-state index in [1.807, 2.05) is 10.8 Å². The third kappa shape index (κ3) is 4.84. The fraction of sp³-hybridized carbons (Fsp3) is 0.714. The van der Waals surface area contributed by atoms with Gasteiger partial charge in [-0.1, -0.05) is 0 Å². The van der Waals surface area contributed by atoms with Crippen LogP contribution in [0.1, 0.15) is 27.2 Å². The third-order valence-corrected chi connectivity index (χ3v) is 5.68. The second-order valence-electron chi connectivity index (χ2n) is 5.46. The van der Waals surface area contributed by atoms with Gasteiger partial charge in [0.15, 0.2) is 17.6 Å². The Morgan fingerprint density at radius 1 is 1.32 bits per heavy atom. The summed E-state index contributed by atoms with van der Waals surface area (Å²) >= 11 is 1.53. The van der Waals surface area contributed by atoms with E-state index in [1.165, 1.54) is 11.3 Å². The normalized spacial score (nSPS) is 19.4. The molecular formula is C14H22O6S2. The molecule has 0 fully saturated rings. The Balaban J connectivity index is 1.67. The number of fused-ring (bicyclic) bond motifs is 1. The molecule has 0 amide bonds. The topological polar surface area (TPSA) is 71.1 Å². The molecule has 6 nitrogen and oxygen atoms in total. The first-order valence-electron chi connectivity index (χ1n) is 7.24. The Kier molecular flexibility index (Phi) is 6.08. The minimum absolute atomic E-state index is 0.166. The molecule has 0 aromatic carbocycles. The smallest absolute Gasteiger partial charge is 0.270 e. The third-order valence-electron chi connectivity index (χ3n) is 3.10. The van der Waals surface area contributed by atoms with Crippen molar-refractivity contribution in [2.75, 3.05) is 19.8 Å². The molecule has 0 N–H and O–H groups in total. The summed E-state index contributed by atoms with van der Waals surface area (Å²) in [4.78, 5) is 0. The van der Waals surface area contributed by atoms with Crippen LogP contribution in [0.4, 0.5) is 0 Å². The lowest BCUT2D eigenvalue weighted by molar-refractivity contribution is 0.00872. The van der Waals surface area contributed by atoms with Gasteiger partial charge in [-0.05, 0) is 27.2 Å². The van der Waals surface area contributed by atoms with Gasteiger partial charge in [0.25, 0.3) is 10.1 Å². The summed E-state index contributed by atoms with van der Waals surface area (Å²) in [5.41, 5.74) is 0. The number of hydrogen-bond acceptors (Lipinski definition) is 7. The average molecular weight is 350 g/mol. The van der Waals surface area contributed by atoms with Crippen molar-refractivity contribution in [3.8, 4) is 11.5 Å². The minimum Gasteiger partial charge on any atom is -0.485 e. The summed E-state index contributed by atoms with van der Waals surface area (Å²) in [6.07, 6.45) is -0.131. The first kappa shape index (κ1) is 17.5. The van der Waals surface area contributed by atoms with Gasteiger partial charge in [-0.15, -0.1) is 11.3 Å². The zero-order valence-corrected chi connectivity index (χ0v) is 14.6. The number of rotatable bonds is 8. The van der Waals surface area contributed by atoms with E-state index in [-0.39, 0.29) is 12.2 Å². The van der Waals surface area contributed by atoms with Crippen molar-refractivity contribution >= 4 is 21.5 Å². The first-order valence-corrected chi connectivity index (χ1v) is 9.65. The van der Waals surface area contributed by atoms with E-state index < -0.39 is 15.4 Å². The molecule has 2 heterocycles. The maximum absolute atomic E-state index is 11.8. The number of ether oxygens (including phenoxy) is 3. The van der Waals surface area contributed by atoms with E-state index in [0.717, 1.165) is 11.5 Å². The van der Waals surface area contributed by atoms with Crippen molar-refractivity contribution in [1.29, 1.82) is 0 Å². The molecule has 2 atom stereocenters. The Morgan fingerprint density at radius 3 is 2.77 bits per heavy atom. The summed E-state index contributed by atoms with van der Waals surface area (Å²) in [7, 11) is -3.53. The predicted molar refractivity (Wildman–Crippen MR) is 84.3 cm³/mol. The lowest BCUT2D eigenvalue weighted by Crippen LogP contribution is -2.33. The van der Waals surface area contributed by atoms with Crippen molar-refractivity contribution in [3.05, 3.63) is 10.8 Å². The maximum Gasteiger partial charge on any atom is 0.270 e. The van der Waals surface area contributed by atoms with Crippen LogP contribution in [0.5, 0.6) is 11.5 Å². The maximum atomic E-state index is 11.8. The molecule has 2 rings (SSSR count). The van der Waals surface area contributed by atoms with Crippen LogP contribution in [0, 0.1) is 0 Å². The molecule has 126 valence electrons. The Morgan fingerprint density at radius 2 is 2.05 bits per heavy atom. The second-order valence-corrected chi connectivity index (χ2v) is 8.19. The van der Waals surface area contributed by atoms with Gasteiger partial charge >= 0.3 is 0 Å². The highest BCUT2D eigenvalue weighted by Crippen LogP contribution is 2.35. The zero-order valence-electron chi connectivity index (χ0n) is 13.0. The van der Waals surface area contributed by atoms with Crippen LogP contribution in [0.3, 0.4) is 0 Å². The van der Waals surface area contributed by atoms with Gasteiger partial charge in [0.1, 0.15) is 6.61 Å². The van der Waals surface area contributed by atoms with E-state index in [9.17, 15) is 8.42 Å². The van der Waals surface area contributed by atoms with Crippen molar-refractivity contribution in [3.63, 3.8) is 0 Å². The quantitative estimate of drug-likeness (QED) is 0.530. The standard InChI is InChI=1S/C14H22O6S2/c1-10(2)20-22(15,16)11(3)4-5-17-6-12-7-18-13-8-21-9-14(13)19-12/h8-12H,4-7H2,1-3H3. The van der Waals surface area contributed by atoms with Gasteiger partial charge in [0.2, 0.25) is 0 Å².